The van der Waals surface area contributed by atoms with Crippen molar-refractivity contribution in [2.45, 2.75) is 33.9 Å². The van der Waals surface area contributed by atoms with Crippen LogP contribution in [0.15, 0.2) is 40.9 Å². The zero-order valence-corrected chi connectivity index (χ0v) is 14.0. The van der Waals surface area contributed by atoms with Crippen LogP contribution in [0.25, 0.3) is 0 Å². The van der Waals surface area contributed by atoms with E-state index < -0.39 is 0 Å². The van der Waals surface area contributed by atoms with Gasteiger partial charge in [-0.1, -0.05) is 35.5 Å². The fourth-order valence-electron chi connectivity index (χ4n) is 2.63. The maximum Gasteiger partial charge on any atom is 0.273 e. The van der Waals surface area contributed by atoms with Crippen molar-refractivity contribution in [1.82, 2.24) is 20.3 Å². The van der Waals surface area contributed by atoms with Crippen molar-refractivity contribution in [3.05, 3.63) is 70.4 Å². The second-order valence-electron chi connectivity index (χ2n) is 5.80. The van der Waals surface area contributed by atoms with Crippen molar-refractivity contribution < 1.29 is 9.32 Å². The van der Waals surface area contributed by atoms with E-state index in [2.05, 4.69) is 27.7 Å². The van der Waals surface area contributed by atoms with Gasteiger partial charge in [0.15, 0.2) is 5.69 Å². The first-order valence-electron chi connectivity index (χ1n) is 7.83. The molecule has 124 valence electrons. The van der Waals surface area contributed by atoms with Gasteiger partial charge in [-0.25, -0.2) is 0 Å². The molecule has 0 radical (unpaired) electrons. The summed E-state index contributed by atoms with van der Waals surface area (Å²) in [6.07, 6.45) is 0. The van der Waals surface area contributed by atoms with E-state index in [1.807, 2.05) is 36.7 Å². The SMILES string of the molecule is Cc1cc(C(=O)NCc2c(C)nn(Cc3ccccc3)c2C)no1. The van der Waals surface area contributed by atoms with E-state index in [0.29, 0.717) is 24.5 Å². The van der Waals surface area contributed by atoms with Gasteiger partial charge in [0.25, 0.3) is 5.91 Å². The number of carbonyl (C=O) groups is 1. The highest BCUT2D eigenvalue weighted by Gasteiger charge is 2.15. The first-order valence-corrected chi connectivity index (χ1v) is 7.83. The van der Waals surface area contributed by atoms with Gasteiger partial charge in [-0.05, 0) is 26.3 Å². The highest BCUT2D eigenvalue weighted by Crippen LogP contribution is 2.15. The van der Waals surface area contributed by atoms with Crippen LogP contribution >= 0.6 is 0 Å². The van der Waals surface area contributed by atoms with Crippen LogP contribution in [0.5, 0.6) is 0 Å². The molecule has 0 unspecified atom stereocenters. The topological polar surface area (TPSA) is 73.0 Å². The highest BCUT2D eigenvalue weighted by molar-refractivity contribution is 5.92. The summed E-state index contributed by atoms with van der Waals surface area (Å²) in [4.78, 5) is 12.1. The number of amides is 1. The smallest absolute Gasteiger partial charge is 0.273 e. The van der Waals surface area contributed by atoms with Gasteiger partial charge in [0.1, 0.15) is 5.76 Å². The van der Waals surface area contributed by atoms with Gasteiger partial charge in [-0.3, -0.25) is 9.48 Å². The number of hydrogen-bond acceptors (Lipinski definition) is 4. The van der Waals surface area contributed by atoms with E-state index in [4.69, 9.17) is 4.52 Å². The first kappa shape index (κ1) is 16.0. The molecule has 0 fully saturated rings. The van der Waals surface area contributed by atoms with Crippen LogP contribution in [0.3, 0.4) is 0 Å². The third-order valence-corrected chi connectivity index (χ3v) is 3.99. The lowest BCUT2D eigenvalue weighted by atomic mass is 10.2. The van der Waals surface area contributed by atoms with Crippen LogP contribution < -0.4 is 5.32 Å². The van der Waals surface area contributed by atoms with Gasteiger partial charge in [0.2, 0.25) is 0 Å². The van der Waals surface area contributed by atoms with Crippen LogP contribution in [0.1, 0.15) is 38.8 Å². The number of nitrogens with one attached hydrogen (secondary N) is 1. The number of carbonyl (C=O) groups excluding carboxylic acids is 1. The molecule has 24 heavy (non-hydrogen) atoms. The van der Waals surface area contributed by atoms with E-state index >= 15 is 0 Å². The molecular weight excluding hydrogens is 304 g/mol. The predicted octanol–water partition coefficient (Wildman–Crippen LogP) is 2.77. The number of aromatic nitrogens is 3. The number of aryl methyl sites for hydroxylation is 2. The van der Waals surface area contributed by atoms with Gasteiger partial charge in [0.05, 0.1) is 12.2 Å². The molecule has 0 aliphatic carbocycles. The Morgan fingerprint density at radius 2 is 1.96 bits per heavy atom. The molecule has 0 saturated heterocycles. The van der Waals surface area contributed by atoms with E-state index in [1.165, 1.54) is 5.56 Å². The molecule has 0 bridgehead atoms. The Morgan fingerprint density at radius 1 is 1.21 bits per heavy atom. The quantitative estimate of drug-likeness (QED) is 0.783. The molecule has 0 atom stereocenters. The monoisotopic (exact) mass is 324 g/mol. The molecule has 1 N–H and O–H groups in total. The second-order valence-corrected chi connectivity index (χ2v) is 5.80. The minimum atomic E-state index is -0.249. The number of rotatable bonds is 5. The van der Waals surface area contributed by atoms with Crippen molar-refractivity contribution in [2.75, 3.05) is 0 Å². The first-order chi connectivity index (χ1) is 11.5. The Morgan fingerprint density at radius 3 is 2.62 bits per heavy atom. The van der Waals surface area contributed by atoms with E-state index in [1.54, 1.807) is 13.0 Å². The molecule has 6 nitrogen and oxygen atoms in total. The normalized spacial score (nSPS) is 10.8. The van der Waals surface area contributed by atoms with Crippen molar-refractivity contribution in [3.63, 3.8) is 0 Å². The van der Waals surface area contributed by atoms with Crippen LogP contribution in [0, 0.1) is 20.8 Å². The van der Waals surface area contributed by atoms with E-state index in [-0.39, 0.29) is 5.91 Å². The summed E-state index contributed by atoms with van der Waals surface area (Å²) in [5.41, 5.74) is 4.48. The van der Waals surface area contributed by atoms with Crippen LogP contribution in [0.2, 0.25) is 0 Å². The Hall–Kier alpha value is -2.89. The maximum absolute atomic E-state index is 12.1. The van der Waals surface area contributed by atoms with E-state index in [9.17, 15) is 4.79 Å². The van der Waals surface area contributed by atoms with Gasteiger partial charge in [-0.15, -0.1) is 0 Å². The Labute approximate surface area is 140 Å². The van der Waals surface area contributed by atoms with Gasteiger partial charge in [-0.2, -0.15) is 5.10 Å². The predicted molar refractivity (Wildman–Crippen MR) is 89.7 cm³/mol. The van der Waals surface area contributed by atoms with Crippen LogP contribution in [0.4, 0.5) is 0 Å². The maximum atomic E-state index is 12.1. The van der Waals surface area contributed by atoms with Crippen molar-refractivity contribution in [2.24, 2.45) is 0 Å². The van der Waals surface area contributed by atoms with Crippen molar-refractivity contribution >= 4 is 5.91 Å². The van der Waals surface area contributed by atoms with Gasteiger partial charge >= 0.3 is 0 Å². The number of nitrogens with zero attached hydrogens (tertiary/aromatic N) is 3. The molecule has 1 aromatic carbocycles. The van der Waals surface area contributed by atoms with Gasteiger partial charge < -0.3 is 9.84 Å². The van der Waals surface area contributed by atoms with Crippen LogP contribution in [-0.2, 0) is 13.1 Å². The average molecular weight is 324 g/mol. The Kier molecular flexibility index (Phi) is 4.46. The molecule has 6 heteroatoms. The average Bonchev–Trinajstić information content (AvgIpc) is 3.11. The lowest BCUT2D eigenvalue weighted by Crippen LogP contribution is -2.23. The van der Waals surface area contributed by atoms with E-state index in [0.717, 1.165) is 17.0 Å². The summed E-state index contributed by atoms with van der Waals surface area (Å²) in [6.45, 7) is 6.85. The molecular formula is C18H20N4O2. The molecule has 0 aliphatic rings. The highest BCUT2D eigenvalue weighted by atomic mass is 16.5. The molecule has 3 aromatic rings. The summed E-state index contributed by atoms with van der Waals surface area (Å²) in [5.74, 6) is 0.365. The Balaban J connectivity index is 1.71. The largest absolute Gasteiger partial charge is 0.361 e. The summed E-state index contributed by atoms with van der Waals surface area (Å²) >= 11 is 0. The van der Waals surface area contributed by atoms with Gasteiger partial charge in [0, 0.05) is 23.9 Å². The minimum Gasteiger partial charge on any atom is -0.361 e. The number of hydrogen-bond donors (Lipinski definition) is 1. The molecule has 0 aliphatic heterocycles. The zero-order valence-electron chi connectivity index (χ0n) is 14.0. The summed E-state index contributed by atoms with van der Waals surface area (Å²) < 4.78 is 6.89. The Bertz CT molecular complexity index is 849. The standard InChI is InChI=1S/C18H20N4O2/c1-12-9-17(21-24-12)18(23)19-10-16-13(2)20-22(14(16)3)11-15-7-5-4-6-8-15/h4-9H,10-11H2,1-3H3,(H,19,23). The van der Waals surface area contributed by atoms with Crippen molar-refractivity contribution in [1.29, 1.82) is 0 Å². The molecule has 2 heterocycles. The molecule has 0 spiro atoms. The molecule has 0 saturated carbocycles. The summed E-state index contributed by atoms with van der Waals surface area (Å²) in [5, 5.41) is 11.2. The fraction of sp³-hybridized carbons (Fsp3) is 0.278. The summed E-state index contributed by atoms with van der Waals surface area (Å²) in [6, 6.07) is 11.8. The third kappa shape index (κ3) is 3.37. The summed E-state index contributed by atoms with van der Waals surface area (Å²) in [7, 11) is 0. The lowest BCUT2D eigenvalue weighted by molar-refractivity contribution is 0.0941. The molecule has 2 aromatic heterocycles. The molecule has 3 rings (SSSR count). The second kappa shape index (κ2) is 6.70. The zero-order chi connectivity index (χ0) is 17.1. The fourth-order valence-corrected chi connectivity index (χ4v) is 2.63. The van der Waals surface area contributed by atoms with Crippen LogP contribution in [-0.4, -0.2) is 20.8 Å². The van der Waals surface area contributed by atoms with Crippen molar-refractivity contribution in [3.8, 4) is 0 Å². The minimum absolute atomic E-state index is 0.249. The lowest BCUT2D eigenvalue weighted by Gasteiger charge is -2.06. The third-order valence-electron chi connectivity index (χ3n) is 3.99. The molecule has 1 amide bonds. The number of benzene rings is 1.